The largest absolute Gasteiger partial charge is 0.456 e. The summed E-state index contributed by atoms with van der Waals surface area (Å²) in [6.45, 7) is 0. The van der Waals surface area contributed by atoms with Gasteiger partial charge in [-0.3, -0.25) is 0 Å². The summed E-state index contributed by atoms with van der Waals surface area (Å²) < 4.78 is 13.2. The summed E-state index contributed by atoms with van der Waals surface area (Å²) >= 11 is 0. The van der Waals surface area contributed by atoms with Gasteiger partial charge in [0.15, 0.2) is 0 Å². The maximum atomic E-state index is 6.59. The summed E-state index contributed by atoms with van der Waals surface area (Å²) in [6, 6.07) is 70.5. The highest BCUT2D eigenvalue weighted by Gasteiger charge is 2.26. The van der Waals surface area contributed by atoms with Gasteiger partial charge in [0.2, 0.25) is 0 Å². The maximum absolute atomic E-state index is 6.59. The van der Waals surface area contributed by atoms with Crippen molar-refractivity contribution in [2.24, 2.45) is 0 Å². The third-order valence-electron chi connectivity index (χ3n) is 12.4. The topological polar surface area (TPSA) is 18.5 Å². The van der Waals surface area contributed by atoms with Gasteiger partial charge < -0.3 is 9.47 Å². The number of fused-ring (bicyclic) bond motifs is 7. The fourth-order valence-corrected chi connectivity index (χ4v) is 9.90. The molecule has 0 fully saturated rings. The second kappa shape index (κ2) is 11.9. The van der Waals surface area contributed by atoms with Crippen LogP contribution in [-0.4, -0.2) is 0 Å². The predicted molar refractivity (Wildman–Crippen MR) is 241 cm³/mol. The summed E-state index contributed by atoms with van der Waals surface area (Å²) in [5, 5.41) is 12.0. The molecule has 0 spiro atoms. The standard InChI is InChI=1S/C56H32O2/c1-2-12-34-31-35(24-23-33(34)11-1)36-25-26-47-48(32-36)54(46-30-28-44-38-14-6-8-20-50(38)58-52-22-10-18-42(46)56(44)52)40-16-4-3-15-39(40)53(47)45-29-27-43-37-13-5-7-19-49(37)57-51-21-9-17-41(45)55(43)51/h1-32H. The molecule has 58 heavy (non-hydrogen) atoms. The summed E-state index contributed by atoms with van der Waals surface area (Å²) in [4.78, 5) is 0. The Balaban J connectivity index is 1.15. The van der Waals surface area contributed by atoms with E-state index in [2.05, 4.69) is 182 Å². The van der Waals surface area contributed by atoms with E-state index in [9.17, 15) is 0 Å². The molecule has 0 aromatic heterocycles. The molecule has 13 rings (SSSR count). The summed E-state index contributed by atoms with van der Waals surface area (Å²) in [5.74, 6) is 3.57. The Hall–Kier alpha value is -7.68. The Bertz CT molecular complexity index is 3580. The zero-order chi connectivity index (χ0) is 37.9. The molecule has 2 aliphatic rings. The third-order valence-corrected chi connectivity index (χ3v) is 12.4. The van der Waals surface area contributed by atoms with Crippen LogP contribution in [-0.2, 0) is 0 Å². The van der Waals surface area contributed by atoms with Crippen LogP contribution >= 0.6 is 0 Å². The van der Waals surface area contributed by atoms with E-state index < -0.39 is 0 Å². The molecule has 268 valence electrons. The van der Waals surface area contributed by atoms with E-state index >= 15 is 0 Å². The molecule has 11 aromatic carbocycles. The first-order chi connectivity index (χ1) is 28.8. The normalized spacial score (nSPS) is 12.4. The maximum Gasteiger partial charge on any atom is 0.135 e. The Morgan fingerprint density at radius 2 is 0.690 bits per heavy atom. The van der Waals surface area contributed by atoms with Gasteiger partial charge in [0.05, 0.1) is 0 Å². The van der Waals surface area contributed by atoms with Crippen molar-refractivity contribution in [1.29, 1.82) is 0 Å². The molecular formula is C56H32O2. The number of para-hydroxylation sites is 2. The van der Waals surface area contributed by atoms with Gasteiger partial charge in [-0.2, -0.15) is 0 Å². The Morgan fingerprint density at radius 3 is 1.33 bits per heavy atom. The van der Waals surface area contributed by atoms with Crippen molar-refractivity contribution in [3.05, 3.63) is 194 Å². The average Bonchev–Trinajstić information content (AvgIpc) is 3.28. The molecule has 2 nitrogen and oxygen atoms in total. The minimum Gasteiger partial charge on any atom is -0.456 e. The Kier molecular flexibility index (Phi) is 6.47. The Morgan fingerprint density at radius 1 is 0.241 bits per heavy atom. The lowest BCUT2D eigenvalue weighted by atomic mass is 9.81. The van der Waals surface area contributed by atoms with E-state index in [1.165, 1.54) is 87.6 Å². The number of rotatable bonds is 3. The van der Waals surface area contributed by atoms with E-state index in [4.69, 9.17) is 9.47 Å². The van der Waals surface area contributed by atoms with Crippen molar-refractivity contribution in [3.63, 3.8) is 0 Å². The number of benzene rings is 11. The lowest BCUT2D eigenvalue weighted by Gasteiger charge is -2.25. The third kappa shape index (κ3) is 4.43. The van der Waals surface area contributed by atoms with E-state index in [1.807, 2.05) is 12.1 Å². The van der Waals surface area contributed by atoms with Gasteiger partial charge in [0.1, 0.15) is 23.0 Å². The molecule has 0 radical (unpaired) electrons. The van der Waals surface area contributed by atoms with Crippen molar-refractivity contribution in [3.8, 4) is 78.6 Å². The molecular weight excluding hydrogens is 705 g/mol. The molecule has 0 saturated heterocycles. The van der Waals surface area contributed by atoms with Crippen molar-refractivity contribution >= 4 is 53.9 Å². The van der Waals surface area contributed by atoms with Crippen LogP contribution in [0.4, 0.5) is 0 Å². The molecule has 2 aliphatic heterocycles. The minimum absolute atomic E-state index is 0.891. The summed E-state index contributed by atoms with van der Waals surface area (Å²) in [6.07, 6.45) is 0. The minimum atomic E-state index is 0.891. The van der Waals surface area contributed by atoms with Gasteiger partial charge in [-0.1, -0.05) is 158 Å². The molecule has 0 saturated carbocycles. The molecule has 2 heterocycles. The van der Waals surface area contributed by atoms with Crippen LogP contribution in [0.5, 0.6) is 23.0 Å². The molecule has 11 aromatic rings. The van der Waals surface area contributed by atoms with E-state index in [-0.39, 0.29) is 0 Å². The zero-order valence-corrected chi connectivity index (χ0v) is 31.3. The predicted octanol–water partition coefficient (Wildman–Crippen LogP) is 16.0. The fourth-order valence-electron chi connectivity index (χ4n) is 9.90. The first kappa shape index (κ1) is 31.5. The van der Waals surface area contributed by atoms with Gasteiger partial charge in [0.25, 0.3) is 0 Å². The van der Waals surface area contributed by atoms with Crippen molar-refractivity contribution < 1.29 is 9.47 Å². The first-order valence-corrected chi connectivity index (χ1v) is 19.9. The monoisotopic (exact) mass is 736 g/mol. The molecule has 0 aliphatic carbocycles. The van der Waals surface area contributed by atoms with Gasteiger partial charge >= 0.3 is 0 Å². The average molecular weight is 737 g/mol. The van der Waals surface area contributed by atoms with Crippen LogP contribution in [0.2, 0.25) is 0 Å². The fraction of sp³-hybridized carbons (Fsp3) is 0. The molecule has 0 atom stereocenters. The van der Waals surface area contributed by atoms with Crippen LogP contribution in [0.3, 0.4) is 0 Å². The SMILES string of the molecule is c1ccc2c(c1)Oc1cccc3c(-c4c5ccccc5c(-c5ccc6c7c(cccc57)Oc5ccccc5-6)c5cc(-c6ccc7ccccc7c6)ccc45)ccc-2c13. The quantitative estimate of drug-likeness (QED) is 0.168. The first-order valence-electron chi connectivity index (χ1n) is 19.9. The number of hydrogen-bond acceptors (Lipinski definition) is 2. The smallest absolute Gasteiger partial charge is 0.135 e. The summed E-state index contributed by atoms with van der Waals surface area (Å²) in [5.41, 5.74) is 11.8. The molecule has 0 bridgehead atoms. The summed E-state index contributed by atoms with van der Waals surface area (Å²) in [7, 11) is 0. The highest BCUT2D eigenvalue weighted by atomic mass is 16.5. The molecule has 0 amide bonds. The lowest BCUT2D eigenvalue weighted by Crippen LogP contribution is -1.99. The van der Waals surface area contributed by atoms with Crippen molar-refractivity contribution in [2.75, 3.05) is 0 Å². The highest BCUT2D eigenvalue weighted by molar-refractivity contribution is 6.27. The highest BCUT2D eigenvalue weighted by Crippen LogP contribution is 2.54. The molecule has 0 N–H and O–H groups in total. The number of ether oxygens (including phenoxy) is 2. The van der Waals surface area contributed by atoms with E-state index in [0.29, 0.717) is 0 Å². The van der Waals surface area contributed by atoms with Gasteiger partial charge in [0, 0.05) is 21.9 Å². The van der Waals surface area contributed by atoms with Crippen LogP contribution in [0.15, 0.2) is 194 Å². The van der Waals surface area contributed by atoms with E-state index in [1.54, 1.807) is 0 Å². The van der Waals surface area contributed by atoms with Gasteiger partial charge in [-0.15, -0.1) is 0 Å². The number of hydrogen-bond donors (Lipinski definition) is 0. The van der Waals surface area contributed by atoms with E-state index in [0.717, 1.165) is 44.9 Å². The van der Waals surface area contributed by atoms with Crippen LogP contribution in [0.1, 0.15) is 0 Å². The van der Waals surface area contributed by atoms with Gasteiger partial charge in [-0.25, -0.2) is 0 Å². The molecule has 2 heteroatoms. The van der Waals surface area contributed by atoms with Crippen LogP contribution in [0.25, 0.3) is 109 Å². The second-order valence-electron chi connectivity index (χ2n) is 15.5. The van der Waals surface area contributed by atoms with Crippen LogP contribution < -0.4 is 9.47 Å². The van der Waals surface area contributed by atoms with Crippen LogP contribution in [0, 0.1) is 0 Å². The molecule has 0 unspecified atom stereocenters. The zero-order valence-electron chi connectivity index (χ0n) is 31.3. The second-order valence-corrected chi connectivity index (χ2v) is 15.5. The van der Waals surface area contributed by atoms with Gasteiger partial charge in [-0.05, 0) is 124 Å². The van der Waals surface area contributed by atoms with Crippen molar-refractivity contribution in [2.45, 2.75) is 0 Å². The Labute approximate surface area is 334 Å². The lowest BCUT2D eigenvalue weighted by molar-refractivity contribution is 0.487. The van der Waals surface area contributed by atoms with Crippen molar-refractivity contribution in [1.82, 2.24) is 0 Å².